The monoisotopic (exact) mass is 253 g/mol. The highest BCUT2D eigenvalue weighted by Gasteiger charge is 2.18. The molecule has 0 atom stereocenters. The number of nitrogens with zero attached hydrogens (tertiary/aromatic N) is 3. The van der Waals surface area contributed by atoms with Gasteiger partial charge in [0, 0.05) is 18.8 Å². The minimum absolute atomic E-state index is 0.658. The van der Waals surface area contributed by atoms with E-state index in [0.29, 0.717) is 5.82 Å². The van der Waals surface area contributed by atoms with Crippen molar-refractivity contribution in [3.05, 3.63) is 42.2 Å². The summed E-state index contributed by atoms with van der Waals surface area (Å²) in [6, 6.07) is 8.16. The number of anilines is 1. The number of hydrogen-bond donors (Lipinski definition) is 2. The molecule has 2 aromatic heterocycles. The molecule has 5 heteroatoms. The third-order valence-corrected chi connectivity index (χ3v) is 3.28. The summed E-state index contributed by atoms with van der Waals surface area (Å²) in [7, 11) is 1.85. The summed E-state index contributed by atoms with van der Waals surface area (Å²) in [5.74, 6) is 0.658. The Morgan fingerprint density at radius 1 is 1.26 bits per heavy atom. The van der Waals surface area contributed by atoms with Crippen molar-refractivity contribution in [1.29, 1.82) is 0 Å². The van der Waals surface area contributed by atoms with E-state index in [1.807, 2.05) is 25.4 Å². The molecule has 19 heavy (non-hydrogen) atoms. The number of aromatic nitrogens is 4. The number of nitrogens with two attached hydrogens (primary N) is 1. The van der Waals surface area contributed by atoms with Crippen LogP contribution in [-0.2, 0) is 7.05 Å². The maximum absolute atomic E-state index is 6.18. The summed E-state index contributed by atoms with van der Waals surface area (Å²) >= 11 is 0. The smallest absolute Gasteiger partial charge is 0.129 e. The second-order valence-electron chi connectivity index (χ2n) is 4.53. The summed E-state index contributed by atoms with van der Waals surface area (Å²) in [5, 5.41) is 11.3. The van der Waals surface area contributed by atoms with Gasteiger partial charge in [0.15, 0.2) is 0 Å². The standard InChI is InChI=1S/C14H15N5/c1-9-5-3-4-6-11(9)12-13(10-7-16-17-8-10)18-19(2)14(12)15/h3-8H,15H2,1-2H3,(H,16,17). The van der Waals surface area contributed by atoms with Crippen molar-refractivity contribution in [2.45, 2.75) is 6.92 Å². The van der Waals surface area contributed by atoms with Gasteiger partial charge in [-0.05, 0) is 18.1 Å². The van der Waals surface area contributed by atoms with Crippen LogP contribution in [0.3, 0.4) is 0 Å². The van der Waals surface area contributed by atoms with Crippen LogP contribution in [0.4, 0.5) is 5.82 Å². The average Bonchev–Trinajstić information content (AvgIpc) is 3.01. The second-order valence-corrected chi connectivity index (χ2v) is 4.53. The van der Waals surface area contributed by atoms with E-state index in [4.69, 9.17) is 5.73 Å². The minimum atomic E-state index is 0.658. The first-order valence-electron chi connectivity index (χ1n) is 6.06. The van der Waals surface area contributed by atoms with Crippen LogP contribution in [0.25, 0.3) is 22.4 Å². The van der Waals surface area contributed by atoms with Gasteiger partial charge in [-0.3, -0.25) is 9.78 Å². The van der Waals surface area contributed by atoms with Crippen molar-refractivity contribution in [3.8, 4) is 22.4 Å². The second kappa shape index (κ2) is 4.28. The SMILES string of the molecule is Cc1ccccc1-c1c(-c2cn[nH]c2)nn(C)c1N. The van der Waals surface area contributed by atoms with E-state index in [9.17, 15) is 0 Å². The van der Waals surface area contributed by atoms with Gasteiger partial charge >= 0.3 is 0 Å². The van der Waals surface area contributed by atoms with E-state index in [1.165, 1.54) is 5.56 Å². The molecule has 3 aromatic rings. The Kier molecular flexibility index (Phi) is 2.59. The van der Waals surface area contributed by atoms with Crippen molar-refractivity contribution in [2.75, 3.05) is 5.73 Å². The number of H-pyrrole nitrogens is 1. The van der Waals surface area contributed by atoms with E-state index >= 15 is 0 Å². The van der Waals surface area contributed by atoms with Crippen molar-refractivity contribution in [2.24, 2.45) is 7.05 Å². The maximum atomic E-state index is 6.18. The van der Waals surface area contributed by atoms with Crippen LogP contribution in [0.2, 0.25) is 0 Å². The summed E-state index contributed by atoms with van der Waals surface area (Å²) in [6.45, 7) is 2.07. The number of nitrogen functional groups attached to an aromatic ring is 1. The maximum Gasteiger partial charge on any atom is 0.129 e. The fourth-order valence-corrected chi connectivity index (χ4v) is 2.24. The van der Waals surface area contributed by atoms with Gasteiger partial charge in [-0.1, -0.05) is 24.3 Å². The van der Waals surface area contributed by atoms with E-state index in [2.05, 4.69) is 34.4 Å². The first-order valence-corrected chi connectivity index (χ1v) is 6.06. The minimum Gasteiger partial charge on any atom is -0.383 e. The van der Waals surface area contributed by atoms with Gasteiger partial charge in [-0.15, -0.1) is 0 Å². The van der Waals surface area contributed by atoms with Crippen LogP contribution in [0, 0.1) is 6.92 Å². The highest BCUT2D eigenvalue weighted by Crippen LogP contribution is 2.36. The van der Waals surface area contributed by atoms with Crippen molar-refractivity contribution in [3.63, 3.8) is 0 Å². The molecule has 2 heterocycles. The third kappa shape index (κ3) is 1.79. The Hall–Kier alpha value is -2.56. The van der Waals surface area contributed by atoms with Crippen molar-refractivity contribution < 1.29 is 0 Å². The van der Waals surface area contributed by atoms with Crippen LogP contribution in [0.5, 0.6) is 0 Å². The Morgan fingerprint density at radius 3 is 2.74 bits per heavy atom. The number of aromatic amines is 1. The topological polar surface area (TPSA) is 72.5 Å². The third-order valence-electron chi connectivity index (χ3n) is 3.28. The van der Waals surface area contributed by atoms with Gasteiger partial charge in [-0.25, -0.2) is 0 Å². The number of aryl methyl sites for hydroxylation is 2. The first kappa shape index (κ1) is 11.5. The van der Waals surface area contributed by atoms with Crippen molar-refractivity contribution in [1.82, 2.24) is 20.0 Å². The quantitative estimate of drug-likeness (QED) is 0.736. The lowest BCUT2D eigenvalue weighted by molar-refractivity contribution is 0.782. The Labute approximate surface area is 111 Å². The lowest BCUT2D eigenvalue weighted by atomic mass is 9.98. The molecule has 0 unspecified atom stereocenters. The van der Waals surface area contributed by atoms with Gasteiger partial charge < -0.3 is 5.73 Å². The van der Waals surface area contributed by atoms with E-state index < -0.39 is 0 Å². The molecule has 3 N–H and O–H groups in total. The molecule has 0 aliphatic rings. The molecule has 0 radical (unpaired) electrons. The van der Waals surface area contributed by atoms with Crippen LogP contribution in [-0.4, -0.2) is 20.0 Å². The lowest BCUT2D eigenvalue weighted by Crippen LogP contribution is -1.98. The molecule has 0 saturated carbocycles. The first-order chi connectivity index (χ1) is 9.18. The fourth-order valence-electron chi connectivity index (χ4n) is 2.24. The summed E-state index contributed by atoms with van der Waals surface area (Å²) in [4.78, 5) is 0. The fraction of sp³-hybridized carbons (Fsp3) is 0.143. The highest BCUT2D eigenvalue weighted by atomic mass is 15.3. The van der Waals surface area contributed by atoms with E-state index in [0.717, 1.165) is 22.4 Å². The van der Waals surface area contributed by atoms with Gasteiger partial charge in [0.1, 0.15) is 11.5 Å². The Morgan fingerprint density at radius 2 is 2.05 bits per heavy atom. The summed E-state index contributed by atoms with van der Waals surface area (Å²) in [5.41, 5.74) is 11.2. The van der Waals surface area contributed by atoms with E-state index in [-0.39, 0.29) is 0 Å². The van der Waals surface area contributed by atoms with Gasteiger partial charge in [0.2, 0.25) is 0 Å². The highest BCUT2D eigenvalue weighted by molar-refractivity contribution is 5.89. The van der Waals surface area contributed by atoms with E-state index in [1.54, 1.807) is 10.9 Å². The molecule has 0 aliphatic carbocycles. The Balaban J connectivity index is 2.29. The molecule has 0 amide bonds. The molecule has 96 valence electrons. The van der Waals surface area contributed by atoms with Crippen LogP contribution >= 0.6 is 0 Å². The molecule has 0 spiro atoms. The molecule has 0 fully saturated rings. The van der Waals surface area contributed by atoms with Crippen molar-refractivity contribution >= 4 is 5.82 Å². The summed E-state index contributed by atoms with van der Waals surface area (Å²) in [6.07, 6.45) is 3.58. The Bertz CT molecular complexity index is 710. The van der Waals surface area contributed by atoms with Gasteiger partial charge in [0.25, 0.3) is 0 Å². The molecule has 0 bridgehead atoms. The zero-order valence-electron chi connectivity index (χ0n) is 10.9. The average molecular weight is 253 g/mol. The molecule has 0 aliphatic heterocycles. The van der Waals surface area contributed by atoms with Gasteiger partial charge in [-0.2, -0.15) is 10.2 Å². The van der Waals surface area contributed by atoms with Crippen LogP contribution in [0.1, 0.15) is 5.56 Å². The lowest BCUT2D eigenvalue weighted by Gasteiger charge is -2.06. The molecule has 0 saturated heterocycles. The van der Waals surface area contributed by atoms with Crippen LogP contribution in [0.15, 0.2) is 36.7 Å². The molecule has 5 nitrogen and oxygen atoms in total. The summed E-state index contributed by atoms with van der Waals surface area (Å²) < 4.78 is 1.70. The van der Waals surface area contributed by atoms with Gasteiger partial charge in [0.05, 0.1) is 11.8 Å². The number of hydrogen-bond acceptors (Lipinski definition) is 3. The largest absolute Gasteiger partial charge is 0.383 e. The number of rotatable bonds is 2. The predicted octanol–water partition coefficient (Wildman–Crippen LogP) is 2.37. The number of benzene rings is 1. The van der Waals surface area contributed by atoms with Crippen LogP contribution < -0.4 is 5.73 Å². The molecular formula is C14H15N5. The predicted molar refractivity (Wildman–Crippen MR) is 75.4 cm³/mol. The normalized spacial score (nSPS) is 10.8. The molecule has 3 rings (SSSR count). The molecular weight excluding hydrogens is 238 g/mol. The zero-order valence-corrected chi connectivity index (χ0v) is 10.9. The molecule has 1 aromatic carbocycles. The zero-order chi connectivity index (χ0) is 13.4. The number of nitrogens with one attached hydrogen (secondary N) is 1.